The van der Waals surface area contributed by atoms with E-state index in [2.05, 4.69) is 36.4 Å². The number of methoxy groups -OCH3 is 1. The van der Waals surface area contributed by atoms with Gasteiger partial charge in [0.05, 0.1) is 18.3 Å². The van der Waals surface area contributed by atoms with E-state index in [4.69, 9.17) is 4.74 Å². The average molecular weight is 341 g/mol. The van der Waals surface area contributed by atoms with Gasteiger partial charge in [-0.1, -0.05) is 38.8 Å². The molecule has 1 amide bonds. The highest BCUT2D eigenvalue weighted by atomic mass is 16.5. The first kappa shape index (κ1) is 17.5. The summed E-state index contributed by atoms with van der Waals surface area (Å²) in [6, 6.07) is 9.95. The molecule has 0 spiro atoms. The molecule has 1 aliphatic rings. The highest BCUT2D eigenvalue weighted by Crippen LogP contribution is 2.39. The van der Waals surface area contributed by atoms with E-state index in [0.717, 1.165) is 42.7 Å². The second-order valence-corrected chi connectivity index (χ2v) is 7.20. The summed E-state index contributed by atoms with van der Waals surface area (Å²) < 4.78 is 6.94. The van der Waals surface area contributed by atoms with Crippen molar-refractivity contribution in [2.75, 3.05) is 7.11 Å². The number of nitrogens with one attached hydrogen (secondary N) is 1. The van der Waals surface area contributed by atoms with Gasteiger partial charge >= 0.3 is 0 Å². The maximum absolute atomic E-state index is 13.0. The van der Waals surface area contributed by atoms with Crippen LogP contribution in [0.4, 0.5) is 0 Å². The lowest BCUT2D eigenvalue weighted by molar-refractivity contribution is 0.0888. The average Bonchev–Trinajstić information content (AvgIpc) is 3.22. The van der Waals surface area contributed by atoms with E-state index in [9.17, 15) is 4.79 Å². The maximum Gasteiger partial charge on any atom is 0.270 e. The Hall–Kier alpha value is -2.30. The summed E-state index contributed by atoms with van der Waals surface area (Å²) >= 11 is 0. The summed E-state index contributed by atoms with van der Waals surface area (Å²) in [5, 5.41) is 7.78. The van der Waals surface area contributed by atoms with Crippen LogP contribution < -0.4 is 10.1 Å². The standard InChI is InChI=1S/C20H27N3O2/c1-14(2)17-13-18(23(3)22-17)19(24)21-20(11-5-6-12-20)15-7-9-16(25-4)10-8-15/h7-10,13-14H,5-6,11-12H2,1-4H3,(H,21,24). The zero-order chi connectivity index (χ0) is 18.0. The third kappa shape index (κ3) is 3.41. The fourth-order valence-corrected chi connectivity index (χ4v) is 3.64. The van der Waals surface area contributed by atoms with Crippen molar-refractivity contribution in [3.05, 3.63) is 47.3 Å². The summed E-state index contributed by atoms with van der Waals surface area (Å²) in [4.78, 5) is 13.0. The van der Waals surface area contributed by atoms with E-state index in [1.165, 1.54) is 0 Å². The van der Waals surface area contributed by atoms with E-state index in [1.54, 1.807) is 11.8 Å². The summed E-state index contributed by atoms with van der Waals surface area (Å²) in [6.45, 7) is 4.17. The molecule has 1 N–H and O–H groups in total. The number of carbonyl (C=O) groups excluding carboxylic acids is 1. The predicted octanol–water partition coefficient (Wildman–Crippen LogP) is 3.75. The van der Waals surface area contributed by atoms with E-state index in [1.807, 2.05) is 25.2 Å². The highest BCUT2D eigenvalue weighted by molar-refractivity contribution is 5.93. The van der Waals surface area contributed by atoms with Gasteiger partial charge in [-0.3, -0.25) is 9.48 Å². The van der Waals surface area contributed by atoms with Crippen molar-refractivity contribution in [3.8, 4) is 5.75 Å². The molecule has 1 saturated carbocycles. The van der Waals surface area contributed by atoms with Crippen LogP contribution in [0.2, 0.25) is 0 Å². The van der Waals surface area contributed by atoms with E-state index >= 15 is 0 Å². The summed E-state index contributed by atoms with van der Waals surface area (Å²) in [7, 11) is 3.49. The molecule has 1 aromatic carbocycles. The second kappa shape index (κ2) is 6.90. The fourth-order valence-electron chi connectivity index (χ4n) is 3.64. The van der Waals surface area contributed by atoms with Crippen molar-refractivity contribution >= 4 is 5.91 Å². The normalized spacial score (nSPS) is 16.2. The molecule has 0 saturated heterocycles. The molecular weight excluding hydrogens is 314 g/mol. The number of aryl methyl sites for hydroxylation is 1. The molecule has 0 radical (unpaired) electrons. The van der Waals surface area contributed by atoms with Gasteiger partial charge in [0, 0.05) is 7.05 Å². The van der Waals surface area contributed by atoms with Gasteiger partial charge in [-0.2, -0.15) is 5.10 Å². The monoisotopic (exact) mass is 341 g/mol. The van der Waals surface area contributed by atoms with Gasteiger partial charge in [0.2, 0.25) is 0 Å². The van der Waals surface area contributed by atoms with Gasteiger partial charge in [0.25, 0.3) is 5.91 Å². The summed E-state index contributed by atoms with van der Waals surface area (Å²) in [5.74, 6) is 1.07. The number of amides is 1. The third-order valence-corrected chi connectivity index (χ3v) is 5.18. The number of hydrogen-bond donors (Lipinski definition) is 1. The Labute approximate surface area is 149 Å². The molecule has 1 aromatic heterocycles. The molecule has 2 aromatic rings. The molecule has 25 heavy (non-hydrogen) atoms. The molecule has 0 atom stereocenters. The molecule has 0 unspecified atom stereocenters. The SMILES string of the molecule is COc1ccc(C2(NC(=O)c3cc(C(C)C)nn3C)CCCC2)cc1. The van der Waals surface area contributed by atoms with Crippen LogP contribution in [-0.2, 0) is 12.6 Å². The van der Waals surface area contributed by atoms with Crippen LogP contribution >= 0.6 is 0 Å². The van der Waals surface area contributed by atoms with Crippen molar-refractivity contribution in [2.24, 2.45) is 7.05 Å². The fraction of sp³-hybridized carbons (Fsp3) is 0.500. The maximum atomic E-state index is 13.0. The van der Waals surface area contributed by atoms with Crippen molar-refractivity contribution in [1.29, 1.82) is 0 Å². The molecule has 0 bridgehead atoms. The number of carbonyl (C=O) groups is 1. The largest absolute Gasteiger partial charge is 0.497 e. The van der Waals surface area contributed by atoms with E-state index in [-0.39, 0.29) is 11.4 Å². The number of nitrogens with zero attached hydrogens (tertiary/aromatic N) is 2. The first-order valence-electron chi connectivity index (χ1n) is 8.96. The topological polar surface area (TPSA) is 56.1 Å². The van der Waals surface area contributed by atoms with Crippen LogP contribution in [0, 0.1) is 0 Å². The quantitative estimate of drug-likeness (QED) is 0.901. The van der Waals surface area contributed by atoms with Crippen LogP contribution in [0.15, 0.2) is 30.3 Å². The first-order valence-corrected chi connectivity index (χ1v) is 8.96. The Bertz CT molecular complexity index is 741. The van der Waals surface area contributed by atoms with Gasteiger partial charge in [0.15, 0.2) is 0 Å². The van der Waals surface area contributed by atoms with Crippen LogP contribution in [0.3, 0.4) is 0 Å². The minimum absolute atomic E-state index is 0.0559. The molecule has 5 nitrogen and oxygen atoms in total. The Morgan fingerprint density at radius 2 is 1.88 bits per heavy atom. The summed E-state index contributed by atoms with van der Waals surface area (Å²) in [5.41, 5.74) is 2.40. The molecule has 0 aliphatic heterocycles. The molecule has 5 heteroatoms. The Morgan fingerprint density at radius 1 is 1.24 bits per heavy atom. The molecule has 1 aliphatic carbocycles. The van der Waals surface area contributed by atoms with Gasteiger partial charge < -0.3 is 10.1 Å². The molecule has 1 heterocycles. The molecule has 134 valence electrons. The predicted molar refractivity (Wildman–Crippen MR) is 97.9 cm³/mol. The van der Waals surface area contributed by atoms with Crippen LogP contribution in [0.5, 0.6) is 5.75 Å². The second-order valence-electron chi connectivity index (χ2n) is 7.20. The first-order chi connectivity index (χ1) is 11.9. The lowest BCUT2D eigenvalue weighted by Crippen LogP contribution is -2.44. The number of ether oxygens (including phenoxy) is 1. The van der Waals surface area contributed by atoms with Crippen LogP contribution in [0.1, 0.15) is 67.2 Å². The number of aromatic nitrogens is 2. The van der Waals surface area contributed by atoms with Gasteiger partial charge in [0.1, 0.15) is 11.4 Å². The highest BCUT2D eigenvalue weighted by Gasteiger charge is 2.37. The molecule has 1 fully saturated rings. The van der Waals surface area contributed by atoms with Gasteiger partial charge in [-0.15, -0.1) is 0 Å². The lowest BCUT2D eigenvalue weighted by atomic mass is 9.88. The van der Waals surface area contributed by atoms with Crippen molar-refractivity contribution in [2.45, 2.75) is 51.0 Å². The smallest absolute Gasteiger partial charge is 0.270 e. The summed E-state index contributed by atoms with van der Waals surface area (Å²) in [6.07, 6.45) is 4.16. The number of rotatable bonds is 5. The van der Waals surface area contributed by atoms with Crippen LogP contribution in [0.25, 0.3) is 0 Å². The molecular formula is C20H27N3O2. The Morgan fingerprint density at radius 3 is 2.40 bits per heavy atom. The van der Waals surface area contributed by atoms with Crippen molar-refractivity contribution in [3.63, 3.8) is 0 Å². The van der Waals surface area contributed by atoms with Crippen LogP contribution in [-0.4, -0.2) is 22.8 Å². The zero-order valence-electron chi connectivity index (χ0n) is 15.5. The van der Waals surface area contributed by atoms with E-state index in [0.29, 0.717) is 11.6 Å². The van der Waals surface area contributed by atoms with E-state index < -0.39 is 0 Å². The number of hydrogen-bond acceptors (Lipinski definition) is 3. The Balaban J connectivity index is 1.87. The third-order valence-electron chi connectivity index (χ3n) is 5.18. The Kier molecular flexibility index (Phi) is 4.84. The zero-order valence-corrected chi connectivity index (χ0v) is 15.5. The van der Waals surface area contributed by atoms with Crippen molar-refractivity contribution in [1.82, 2.24) is 15.1 Å². The molecule has 3 rings (SSSR count). The minimum Gasteiger partial charge on any atom is -0.497 e. The van der Waals surface area contributed by atoms with Gasteiger partial charge in [-0.05, 0) is 42.5 Å². The number of benzene rings is 1. The van der Waals surface area contributed by atoms with Gasteiger partial charge in [-0.25, -0.2) is 0 Å². The lowest BCUT2D eigenvalue weighted by Gasteiger charge is -2.31. The van der Waals surface area contributed by atoms with Crippen molar-refractivity contribution < 1.29 is 9.53 Å². The minimum atomic E-state index is -0.300.